The molecule has 4 rings (SSSR count). The number of hydrogen-bond donors (Lipinski definition) is 1. The van der Waals surface area contributed by atoms with Crippen molar-refractivity contribution in [2.45, 2.75) is 32.1 Å². The van der Waals surface area contributed by atoms with Crippen LogP contribution >= 0.6 is 0 Å². The number of piperazine rings is 1. The summed E-state index contributed by atoms with van der Waals surface area (Å²) in [5, 5.41) is 3.20. The highest BCUT2D eigenvalue weighted by atomic mass is 16.1. The predicted octanol–water partition coefficient (Wildman–Crippen LogP) is 3.89. The number of para-hydroxylation sites is 2. The van der Waals surface area contributed by atoms with Gasteiger partial charge in [-0.15, -0.1) is 0 Å². The maximum atomic E-state index is 12.8. The molecule has 1 fully saturated rings. The van der Waals surface area contributed by atoms with Crippen molar-refractivity contribution >= 4 is 17.3 Å². The third-order valence-corrected chi connectivity index (χ3v) is 6.03. The van der Waals surface area contributed by atoms with Gasteiger partial charge in [0.15, 0.2) is 0 Å². The fourth-order valence-electron chi connectivity index (χ4n) is 4.44. The highest BCUT2D eigenvalue weighted by molar-refractivity contribution is 5.94. The van der Waals surface area contributed by atoms with E-state index in [1.165, 1.54) is 11.1 Å². The highest BCUT2D eigenvalue weighted by Gasteiger charge is 2.25. The highest BCUT2D eigenvalue weighted by Crippen LogP contribution is 2.36. The number of hydrogen-bond acceptors (Lipinski definition) is 3. The normalized spacial score (nSPS) is 19.7. The van der Waals surface area contributed by atoms with E-state index in [9.17, 15) is 4.79 Å². The lowest BCUT2D eigenvalue weighted by molar-refractivity contribution is -0.116. The molecular formula is C23H29N3O. The van der Waals surface area contributed by atoms with Crippen LogP contribution in [-0.2, 0) is 11.2 Å². The van der Waals surface area contributed by atoms with Crippen molar-refractivity contribution in [3.63, 3.8) is 0 Å². The lowest BCUT2D eigenvalue weighted by Crippen LogP contribution is -2.46. The predicted molar refractivity (Wildman–Crippen MR) is 112 cm³/mol. The molecule has 4 heteroatoms. The first-order chi connectivity index (χ1) is 13.2. The van der Waals surface area contributed by atoms with Gasteiger partial charge in [0.1, 0.15) is 0 Å². The average Bonchev–Trinajstić information content (AvgIpc) is 3.11. The molecule has 0 aromatic heterocycles. The van der Waals surface area contributed by atoms with E-state index < -0.39 is 0 Å². The molecule has 0 radical (unpaired) electrons. The van der Waals surface area contributed by atoms with Gasteiger partial charge in [-0.3, -0.25) is 4.79 Å². The summed E-state index contributed by atoms with van der Waals surface area (Å²) in [7, 11) is 0. The Morgan fingerprint density at radius 2 is 1.78 bits per heavy atom. The Hall–Kier alpha value is -2.33. The Morgan fingerprint density at radius 1 is 1.04 bits per heavy atom. The number of nitrogens with zero attached hydrogens (tertiary/aromatic N) is 2. The van der Waals surface area contributed by atoms with Crippen molar-refractivity contribution in [1.29, 1.82) is 0 Å². The van der Waals surface area contributed by atoms with Crippen LogP contribution in [0.25, 0.3) is 0 Å². The van der Waals surface area contributed by atoms with Crippen molar-refractivity contribution in [2.24, 2.45) is 0 Å². The Bertz CT molecular complexity index is 796. The molecule has 2 aromatic carbocycles. The Labute approximate surface area is 162 Å². The average molecular weight is 364 g/mol. The summed E-state index contributed by atoms with van der Waals surface area (Å²) in [5.74, 6) is 0.470. The number of amides is 1. The van der Waals surface area contributed by atoms with Gasteiger partial charge in [0.05, 0.1) is 11.4 Å². The summed E-state index contributed by atoms with van der Waals surface area (Å²) < 4.78 is 0. The quantitative estimate of drug-likeness (QED) is 0.875. The molecule has 27 heavy (non-hydrogen) atoms. The summed E-state index contributed by atoms with van der Waals surface area (Å²) in [6.07, 6.45) is 2.73. The summed E-state index contributed by atoms with van der Waals surface area (Å²) in [4.78, 5) is 17.6. The molecule has 1 heterocycles. The first-order valence-corrected chi connectivity index (χ1v) is 10.2. The Kier molecular flexibility index (Phi) is 5.44. The summed E-state index contributed by atoms with van der Waals surface area (Å²) in [5.41, 5.74) is 4.85. The molecule has 1 aliphatic carbocycles. The summed E-state index contributed by atoms with van der Waals surface area (Å²) >= 11 is 0. The molecule has 2 aliphatic rings. The zero-order valence-electron chi connectivity index (χ0n) is 16.2. The maximum Gasteiger partial charge on any atom is 0.225 e. The topological polar surface area (TPSA) is 35.6 Å². The van der Waals surface area contributed by atoms with Gasteiger partial charge in [-0.1, -0.05) is 43.3 Å². The van der Waals surface area contributed by atoms with Crippen LogP contribution < -0.4 is 10.2 Å². The van der Waals surface area contributed by atoms with Gasteiger partial charge in [0.25, 0.3) is 0 Å². The van der Waals surface area contributed by atoms with Gasteiger partial charge < -0.3 is 15.1 Å². The third-order valence-electron chi connectivity index (χ3n) is 6.03. The van der Waals surface area contributed by atoms with E-state index in [0.717, 1.165) is 56.9 Å². The second-order valence-electron chi connectivity index (χ2n) is 7.63. The molecule has 0 spiro atoms. The fourth-order valence-corrected chi connectivity index (χ4v) is 4.44. The first-order valence-electron chi connectivity index (χ1n) is 10.2. The zero-order valence-corrected chi connectivity index (χ0v) is 16.2. The number of rotatable bonds is 5. The Morgan fingerprint density at radius 3 is 2.59 bits per heavy atom. The van der Waals surface area contributed by atoms with Crippen molar-refractivity contribution < 1.29 is 4.79 Å². The third kappa shape index (κ3) is 4.01. The fraction of sp³-hybridized carbons (Fsp3) is 0.435. The number of carbonyl (C=O) groups is 1. The van der Waals surface area contributed by atoms with Gasteiger partial charge in [-0.25, -0.2) is 0 Å². The van der Waals surface area contributed by atoms with E-state index in [-0.39, 0.29) is 5.91 Å². The standard InChI is InChI=1S/C23H29N3O/c1-2-25-13-15-26(16-14-25)22-10-6-5-9-21(22)24-23(27)17-19-12-11-18-7-3-4-8-20(18)19/h3-10,19H,2,11-17H2,1H3,(H,24,27). The van der Waals surface area contributed by atoms with Crippen LogP contribution in [-0.4, -0.2) is 43.5 Å². The number of likely N-dealkylation sites (N-methyl/N-ethyl adjacent to an activating group) is 1. The molecule has 142 valence electrons. The zero-order chi connectivity index (χ0) is 18.6. The minimum atomic E-state index is 0.122. The van der Waals surface area contributed by atoms with Crippen LogP contribution in [0.4, 0.5) is 11.4 Å². The molecule has 2 aromatic rings. The van der Waals surface area contributed by atoms with E-state index in [0.29, 0.717) is 12.3 Å². The smallest absolute Gasteiger partial charge is 0.225 e. The molecule has 1 atom stereocenters. The number of benzene rings is 2. The van der Waals surface area contributed by atoms with Gasteiger partial charge in [0, 0.05) is 32.6 Å². The maximum absolute atomic E-state index is 12.8. The molecule has 1 saturated heterocycles. The molecule has 1 unspecified atom stereocenters. The monoisotopic (exact) mass is 363 g/mol. The minimum Gasteiger partial charge on any atom is -0.367 e. The van der Waals surface area contributed by atoms with Crippen molar-refractivity contribution in [1.82, 2.24) is 4.90 Å². The Balaban J connectivity index is 1.42. The van der Waals surface area contributed by atoms with Crippen molar-refractivity contribution in [3.8, 4) is 0 Å². The van der Waals surface area contributed by atoms with Crippen LogP contribution in [0.2, 0.25) is 0 Å². The number of aryl methyl sites for hydroxylation is 1. The number of nitrogens with one attached hydrogen (secondary N) is 1. The molecule has 1 aliphatic heterocycles. The lowest BCUT2D eigenvalue weighted by Gasteiger charge is -2.36. The molecule has 1 N–H and O–H groups in total. The largest absolute Gasteiger partial charge is 0.367 e. The minimum absolute atomic E-state index is 0.122. The van der Waals surface area contributed by atoms with Gasteiger partial charge in [-0.2, -0.15) is 0 Å². The van der Waals surface area contributed by atoms with E-state index in [1.807, 2.05) is 12.1 Å². The molecule has 1 amide bonds. The molecule has 0 saturated carbocycles. The SMILES string of the molecule is CCN1CCN(c2ccccc2NC(=O)CC2CCc3ccccc32)CC1. The van der Waals surface area contributed by atoms with E-state index >= 15 is 0 Å². The van der Waals surface area contributed by atoms with E-state index in [2.05, 4.69) is 58.4 Å². The lowest BCUT2D eigenvalue weighted by atomic mass is 9.97. The summed E-state index contributed by atoms with van der Waals surface area (Å²) in [6, 6.07) is 16.8. The van der Waals surface area contributed by atoms with Crippen LogP contribution in [0.5, 0.6) is 0 Å². The van der Waals surface area contributed by atoms with Gasteiger partial charge in [0.2, 0.25) is 5.91 Å². The molecule has 4 nitrogen and oxygen atoms in total. The van der Waals surface area contributed by atoms with E-state index in [4.69, 9.17) is 0 Å². The number of carbonyl (C=O) groups excluding carboxylic acids is 1. The molecular weight excluding hydrogens is 334 g/mol. The first kappa shape index (κ1) is 18.1. The van der Waals surface area contributed by atoms with Gasteiger partial charge in [-0.05, 0) is 48.6 Å². The second-order valence-corrected chi connectivity index (χ2v) is 7.63. The van der Waals surface area contributed by atoms with Crippen LogP contribution in [0.3, 0.4) is 0 Å². The number of fused-ring (bicyclic) bond motifs is 1. The van der Waals surface area contributed by atoms with Crippen LogP contribution in [0.1, 0.15) is 36.8 Å². The van der Waals surface area contributed by atoms with Crippen LogP contribution in [0, 0.1) is 0 Å². The van der Waals surface area contributed by atoms with Crippen molar-refractivity contribution in [3.05, 3.63) is 59.7 Å². The van der Waals surface area contributed by atoms with E-state index in [1.54, 1.807) is 0 Å². The summed E-state index contributed by atoms with van der Waals surface area (Å²) in [6.45, 7) is 7.50. The second kappa shape index (κ2) is 8.13. The molecule has 0 bridgehead atoms. The van der Waals surface area contributed by atoms with Crippen molar-refractivity contribution in [2.75, 3.05) is 42.9 Å². The van der Waals surface area contributed by atoms with Crippen LogP contribution in [0.15, 0.2) is 48.5 Å². The number of anilines is 2. The van der Waals surface area contributed by atoms with Gasteiger partial charge >= 0.3 is 0 Å².